The van der Waals surface area contributed by atoms with Gasteiger partial charge in [0.05, 0.1) is 18.2 Å². The quantitative estimate of drug-likeness (QED) is 0.392. The Kier molecular flexibility index (Phi) is 7.21. The Morgan fingerprint density at radius 1 is 1.07 bits per heavy atom. The largest absolute Gasteiger partial charge is 0.489 e. The Hall–Kier alpha value is -2.90. The van der Waals surface area contributed by atoms with Gasteiger partial charge >= 0.3 is 5.97 Å². The van der Waals surface area contributed by atoms with Crippen molar-refractivity contribution in [2.24, 2.45) is 0 Å². The van der Waals surface area contributed by atoms with Crippen LogP contribution in [0.5, 0.6) is 5.75 Å². The van der Waals surface area contributed by atoms with Gasteiger partial charge in [0.15, 0.2) is 5.11 Å². The van der Waals surface area contributed by atoms with Crippen LogP contribution in [-0.4, -0.2) is 31.4 Å². The summed E-state index contributed by atoms with van der Waals surface area (Å²) in [6.07, 6.45) is 0. The zero-order chi connectivity index (χ0) is 20.6. The minimum Gasteiger partial charge on any atom is -0.489 e. The molecule has 0 radical (unpaired) electrons. The van der Waals surface area contributed by atoms with Crippen LogP contribution in [0.1, 0.15) is 24.1 Å². The van der Waals surface area contributed by atoms with Crippen molar-refractivity contribution in [3.05, 3.63) is 77.0 Å². The number of carbonyl (C=O) groups is 1. The molecule has 3 rings (SSSR count). The molecule has 6 nitrogen and oxygen atoms in total. The molecule has 2 N–H and O–H groups in total. The van der Waals surface area contributed by atoms with E-state index < -0.39 is 12.0 Å². The second-order valence-electron chi connectivity index (χ2n) is 6.54. The SMILES string of the molecule is COCCOC(=O)C1=C(C)NC(=S)N[C@H]1c1ccc(OCc2ccccc2)cc1. The molecule has 152 valence electrons. The van der Waals surface area contributed by atoms with Crippen LogP contribution in [0.3, 0.4) is 0 Å². The smallest absolute Gasteiger partial charge is 0.338 e. The predicted molar refractivity (Wildman–Crippen MR) is 114 cm³/mol. The summed E-state index contributed by atoms with van der Waals surface area (Å²) in [6.45, 7) is 2.83. The lowest BCUT2D eigenvalue weighted by Gasteiger charge is -2.30. The normalized spacial score (nSPS) is 16.1. The number of methoxy groups -OCH3 is 1. The van der Waals surface area contributed by atoms with Crippen molar-refractivity contribution < 1.29 is 19.0 Å². The number of ether oxygens (including phenoxy) is 3. The number of hydrogen-bond donors (Lipinski definition) is 2. The number of allylic oxidation sites excluding steroid dienone is 1. The minimum absolute atomic E-state index is 0.190. The summed E-state index contributed by atoms with van der Waals surface area (Å²) in [5.41, 5.74) is 3.15. The van der Waals surface area contributed by atoms with Gasteiger partial charge in [0.25, 0.3) is 0 Å². The van der Waals surface area contributed by atoms with Crippen molar-refractivity contribution in [3.8, 4) is 5.75 Å². The van der Waals surface area contributed by atoms with Gasteiger partial charge in [0, 0.05) is 12.8 Å². The first-order valence-electron chi connectivity index (χ1n) is 9.29. The van der Waals surface area contributed by atoms with Gasteiger partial charge < -0.3 is 24.8 Å². The van der Waals surface area contributed by atoms with Gasteiger partial charge in [0.2, 0.25) is 0 Å². The van der Waals surface area contributed by atoms with E-state index in [0.29, 0.717) is 29.6 Å². The molecule has 0 amide bonds. The lowest BCUT2D eigenvalue weighted by molar-refractivity contribution is -0.140. The molecule has 0 unspecified atom stereocenters. The zero-order valence-corrected chi connectivity index (χ0v) is 17.3. The maximum Gasteiger partial charge on any atom is 0.338 e. The molecule has 0 bridgehead atoms. The number of esters is 1. The Labute approximate surface area is 175 Å². The van der Waals surface area contributed by atoms with Gasteiger partial charge in [-0.2, -0.15) is 0 Å². The standard InChI is InChI=1S/C22H24N2O4S/c1-15-19(21(25)27-13-12-26-2)20(24-22(29)23-15)17-8-10-18(11-9-17)28-14-16-6-4-3-5-7-16/h3-11,20H,12-14H2,1-2H3,(H2,23,24,29)/t20-/m0/s1. The molecule has 29 heavy (non-hydrogen) atoms. The van der Waals surface area contributed by atoms with Crippen LogP contribution < -0.4 is 15.4 Å². The fourth-order valence-corrected chi connectivity index (χ4v) is 3.28. The third kappa shape index (κ3) is 5.56. The maximum atomic E-state index is 12.6. The highest BCUT2D eigenvalue weighted by Gasteiger charge is 2.30. The third-order valence-electron chi connectivity index (χ3n) is 4.47. The number of rotatable bonds is 8. The van der Waals surface area contributed by atoms with E-state index in [-0.39, 0.29) is 6.61 Å². The van der Waals surface area contributed by atoms with Crippen LogP contribution in [0.2, 0.25) is 0 Å². The van der Waals surface area contributed by atoms with Crippen LogP contribution >= 0.6 is 12.2 Å². The Morgan fingerprint density at radius 2 is 1.79 bits per heavy atom. The van der Waals surface area contributed by atoms with E-state index in [0.717, 1.165) is 16.9 Å². The van der Waals surface area contributed by atoms with Crippen molar-refractivity contribution >= 4 is 23.3 Å². The van der Waals surface area contributed by atoms with Crippen LogP contribution in [0.4, 0.5) is 0 Å². The van der Waals surface area contributed by atoms with Gasteiger partial charge in [-0.15, -0.1) is 0 Å². The predicted octanol–water partition coefficient (Wildman–Crippen LogP) is 3.25. The van der Waals surface area contributed by atoms with Gasteiger partial charge in [-0.1, -0.05) is 42.5 Å². The maximum absolute atomic E-state index is 12.6. The summed E-state index contributed by atoms with van der Waals surface area (Å²) in [5, 5.41) is 6.61. The Morgan fingerprint density at radius 3 is 2.48 bits per heavy atom. The molecule has 0 aliphatic carbocycles. The number of carbonyl (C=O) groups excluding carboxylic acids is 1. The first-order chi connectivity index (χ1) is 14.1. The van der Waals surface area contributed by atoms with E-state index in [2.05, 4.69) is 10.6 Å². The topological polar surface area (TPSA) is 68.8 Å². The monoisotopic (exact) mass is 412 g/mol. The number of benzene rings is 2. The van der Waals surface area contributed by atoms with Crippen molar-refractivity contribution in [2.45, 2.75) is 19.6 Å². The van der Waals surface area contributed by atoms with E-state index in [9.17, 15) is 4.79 Å². The molecule has 7 heteroatoms. The van der Waals surface area contributed by atoms with Gasteiger partial charge in [-0.3, -0.25) is 0 Å². The first kappa shape index (κ1) is 20.8. The summed E-state index contributed by atoms with van der Waals surface area (Å²) >= 11 is 5.27. The summed E-state index contributed by atoms with van der Waals surface area (Å²) in [5.74, 6) is 0.343. The molecule has 2 aromatic carbocycles. The lowest BCUT2D eigenvalue weighted by Crippen LogP contribution is -2.45. The van der Waals surface area contributed by atoms with Gasteiger partial charge in [0.1, 0.15) is 19.0 Å². The number of thiocarbonyl (C=S) groups is 1. The van der Waals surface area contributed by atoms with Crippen molar-refractivity contribution in [1.82, 2.24) is 10.6 Å². The molecule has 1 aliphatic heterocycles. The third-order valence-corrected chi connectivity index (χ3v) is 4.69. The highest BCUT2D eigenvalue weighted by Crippen LogP contribution is 2.29. The fraction of sp³-hybridized carbons (Fsp3) is 0.273. The fourth-order valence-electron chi connectivity index (χ4n) is 3.01. The van der Waals surface area contributed by atoms with Gasteiger partial charge in [-0.25, -0.2) is 4.79 Å². The highest BCUT2D eigenvalue weighted by molar-refractivity contribution is 7.80. The Balaban J connectivity index is 1.73. The van der Waals surface area contributed by atoms with Crippen LogP contribution in [0.15, 0.2) is 65.9 Å². The average molecular weight is 413 g/mol. The molecule has 0 saturated heterocycles. The first-order valence-corrected chi connectivity index (χ1v) is 9.70. The summed E-state index contributed by atoms with van der Waals surface area (Å²) in [4.78, 5) is 12.6. The molecule has 0 saturated carbocycles. The molecule has 2 aromatic rings. The minimum atomic E-state index is -0.406. The van der Waals surface area contributed by atoms with E-state index in [4.69, 9.17) is 26.4 Å². The number of hydrogen-bond acceptors (Lipinski definition) is 5. The highest BCUT2D eigenvalue weighted by atomic mass is 32.1. The second-order valence-corrected chi connectivity index (χ2v) is 6.95. The van der Waals surface area contributed by atoms with E-state index in [1.807, 2.05) is 61.5 Å². The molecule has 0 spiro atoms. The molecule has 1 heterocycles. The summed E-state index contributed by atoms with van der Waals surface area (Å²) in [7, 11) is 1.56. The average Bonchev–Trinajstić information content (AvgIpc) is 2.73. The molecule has 1 aliphatic rings. The number of nitrogens with one attached hydrogen (secondary N) is 2. The zero-order valence-electron chi connectivity index (χ0n) is 16.4. The van der Waals surface area contributed by atoms with Crippen molar-refractivity contribution in [3.63, 3.8) is 0 Å². The van der Waals surface area contributed by atoms with Crippen LogP contribution in [-0.2, 0) is 20.9 Å². The molecule has 0 aromatic heterocycles. The van der Waals surface area contributed by atoms with E-state index in [1.54, 1.807) is 7.11 Å². The van der Waals surface area contributed by atoms with Crippen molar-refractivity contribution in [1.29, 1.82) is 0 Å². The molecular formula is C22H24N2O4S. The van der Waals surface area contributed by atoms with Crippen molar-refractivity contribution in [2.75, 3.05) is 20.3 Å². The van der Waals surface area contributed by atoms with Gasteiger partial charge in [-0.05, 0) is 42.4 Å². The van der Waals surface area contributed by atoms with Crippen LogP contribution in [0.25, 0.3) is 0 Å². The molecule has 1 atom stereocenters. The Bertz CT molecular complexity index is 881. The summed E-state index contributed by atoms with van der Waals surface area (Å²) < 4.78 is 16.1. The van der Waals surface area contributed by atoms with Crippen LogP contribution in [0, 0.1) is 0 Å². The molecule has 0 fully saturated rings. The summed E-state index contributed by atoms with van der Waals surface area (Å²) in [6, 6.07) is 17.2. The second kappa shape index (κ2) is 10.0. The molecular weight excluding hydrogens is 388 g/mol. The van der Waals surface area contributed by atoms with E-state index >= 15 is 0 Å². The van der Waals surface area contributed by atoms with E-state index in [1.165, 1.54) is 0 Å². The lowest BCUT2D eigenvalue weighted by atomic mass is 9.95.